The molecule has 7 heavy (non-hydrogen) atoms. The predicted octanol–water partition coefficient (Wildman–Crippen LogP) is -0.713. The summed E-state index contributed by atoms with van der Waals surface area (Å²) in [5, 5.41) is 2.71. The van der Waals surface area contributed by atoms with E-state index in [0.29, 0.717) is 10.4 Å². The molecule has 5 nitrogen and oxygen atoms in total. The molecule has 0 bridgehead atoms. The van der Waals surface area contributed by atoms with Gasteiger partial charge in [-0.2, -0.15) is 0 Å². The number of rotatable bonds is 0. The number of hydrogen-bond donors (Lipinski definition) is 1. The molecule has 6 heteroatoms. The summed E-state index contributed by atoms with van der Waals surface area (Å²) in [5.41, 5.74) is 7.58. The second-order valence-corrected chi connectivity index (χ2v) is 1.24. The molecule has 0 heterocycles. The van der Waals surface area contributed by atoms with Crippen molar-refractivity contribution in [2.45, 2.75) is 0 Å². The van der Waals surface area contributed by atoms with Gasteiger partial charge in [0.15, 0.2) is 0 Å². The van der Waals surface area contributed by atoms with E-state index >= 15 is 0 Å². The first kappa shape index (κ1) is 6.00. The first-order valence-electron chi connectivity index (χ1n) is 1.58. The summed E-state index contributed by atoms with van der Waals surface area (Å²) in [4.78, 5) is 14.4. The molecule has 0 atom stereocenters. The highest BCUT2D eigenvalue weighted by Gasteiger charge is 1.82. The molecule has 2 amide bonds. The first-order valence-corrected chi connectivity index (χ1v) is 2.58. The highest BCUT2D eigenvalue weighted by Crippen LogP contribution is 1.67. The van der Waals surface area contributed by atoms with E-state index in [1.165, 1.54) is 0 Å². The van der Waals surface area contributed by atoms with Gasteiger partial charge in [0.1, 0.15) is 10.4 Å². The van der Waals surface area contributed by atoms with Crippen LogP contribution in [0.1, 0.15) is 0 Å². The van der Waals surface area contributed by atoms with Crippen molar-refractivity contribution in [3.63, 3.8) is 0 Å². The summed E-state index contributed by atoms with van der Waals surface area (Å²) in [6.07, 6.45) is 0. The summed E-state index contributed by atoms with van der Waals surface area (Å²) >= 11 is 0. The van der Waals surface area contributed by atoms with Crippen molar-refractivity contribution in [3.05, 3.63) is 10.4 Å². The Bertz CT molecular complexity index is 115. The summed E-state index contributed by atoms with van der Waals surface area (Å²) in [5.74, 6) is 0. The number of hydrogen-bond acceptors (Lipinski definition) is 1. The Labute approximate surface area is 42.8 Å². The van der Waals surface area contributed by atoms with Crippen LogP contribution in [0.2, 0.25) is 0 Å². The third kappa shape index (κ3) is 2.81. The highest BCUT2D eigenvalue weighted by molar-refractivity contribution is 6.13. The molecule has 38 valence electrons. The van der Waals surface area contributed by atoms with Crippen LogP contribution in [0.15, 0.2) is 5.11 Å². The van der Waals surface area contributed by atoms with Gasteiger partial charge in [-0.1, -0.05) is 0 Å². The zero-order valence-electron chi connectivity index (χ0n) is 3.75. The third-order valence-corrected chi connectivity index (χ3v) is 0.777. The quantitative estimate of drug-likeness (QED) is 0.193. The molecule has 0 rings (SSSR count). The number of urea groups is 1. The second kappa shape index (κ2) is 3.20. The van der Waals surface area contributed by atoms with Crippen molar-refractivity contribution in [3.8, 4) is 0 Å². The summed E-state index contributed by atoms with van der Waals surface area (Å²) in [7, 11) is 0.523. The number of carbonyl (C=O) groups excluding carboxylic acids is 1. The van der Waals surface area contributed by atoms with E-state index in [4.69, 9.17) is 5.53 Å². The number of nitrogens with one attached hydrogen (secondary N) is 1. The highest BCUT2D eigenvalue weighted by atomic mass is 28.2. The number of azide groups is 1. The van der Waals surface area contributed by atoms with E-state index in [1.54, 1.807) is 0 Å². The maximum atomic E-state index is 9.91. The van der Waals surface area contributed by atoms with E-state index < -0.39 is 6.03 Å². The largest absolute Gasteiger partial charge is 0.385 e. The van der Waals surface area contributed by atoms with E-state index in [0.717, 1.165) is 0 Å². The fourth-order valence-corrected chi connectivity index (χ4v) is 0.191. The zero-order chi connectivity index (χ0) is 5.70. The Morgan fingerprint density at radius 3 is 2.71 bits per heavy atom. The Balaban J connectivity index is 3.58. The lowest BCUT2D eigenvalue weighted by atomic mass is 11.2. The lowest BCUT2D eigenvalue weighted by Gasteiger charge is -1.81. The van der Waals surface area contributed by atoms with Crippen molar-refractivity contribution in [1.82, 2.24) is 4.98 Å². The molecule has 0 aromatic rings. The first-order chi connectivity index (χ1) is 3.31. The van der Waals surface area contributed by atoms with Gasteiger partial charge in [0.25, 0.3) is 6.03 Å². The molecule has 0 aromatic heterocycles. The van der Waals surface area contributed by atoms with Crippen molar-refractivity contribution < 1.29 is 4.79 Å². The fourth-order valence-electron chi connectivity index (χ4n) is 0.0906. The van der Waals surface area contributed by atoms with Crippen molar-refractivity contribution in [1.29, 1.82) is 0 Å². The van der Waals surface area contributed by atoms with Crippen LogP contribution in [0.4, 0.5) is 4.79 Å². The molecule has 0 saturated heterocycles. The van der Waals surface area contributed by atoms with Crippen molar-refractivity contribution >= 4 is 16.4 Å². The van der Waals surface area contributed by atoms with Gasteiger partial charge in [-0.3, -0.25) is 4.79 Å². The number of amides is 2. The predicted molar refractivity (Wildman–Crippen MR) is 27.6 cm³/mol. The van der Waals surface area contributed by atoms with Crippen LogP contribution in [0.3, 0.4) is 0 Å². The maximum Gasteiger partial charge on any atom is 0.299 e. The van der Waals surface area contributed by atoms with Crippen LogP contribution < -0.4 is 4.98 Å². The molecule has 0 fully saturated rings. The minimum absolute atomic E-state index is 0.523. The van der Waals surface area contributed by atoms with Crippen molar-refractivity contribution in [2.75, 3.05) is 0 Å². The lowest BCUT2D eigenvalue weighted by molar-refractivity contribution is 0.253. The lowest BCUT2D eigenvalue weighted by Crippen LogP contribution is -2.13. The van der Waals surface area contributed by atoms with Crippen LogP contribution in [0.25, 0.3) is 10.4 Å². The Morgan fingerprint density at radius 2 is 2.57 bits per heavy atom. The number of nitrogens with zero attached hydrogens (tertiary/aromatic N) is 3. The standard InChI is InChI=1S/CH4N4OSi/c2-5-3-1(6)4-7/h7H3,(H,4,6). The zero-order valence-corrected chi connectivity index (χ0v) is 5.75. The molecular formula is CH4N4OSi. The second-order valence-electron chi connectivity index (χ2n) is 0.745. The third-order valence-electron chi connectivity index (χ3n) is 0.349. The topological polar surface area (TPSA) is 77.9 Å². The van der Waals surface area contributed by atoms with Crippen molar-refractivity contribution in [2.24, 2.45) is 5.11 Å². The van der Waals surface area contributed by atoms with Gasteiger partial charge in [0, 0.05) is 10.0 Å². The molecule has 1 N–H and O–H groups in total. The van der Waals surface area contributed by atoms with E-state index in [9.17, 15) is 4.79 Å². The Hall–Kier alpha value is -1.00. The minimum atomic E-state index is -0.603. The Kier molecular flexibility index (Phi) is 2.74. The minimum Gasteiger partial charge on any atom is -0.385 e. The molecule has 0 saturated carbocycles. The van der Waals surface area contributed by atoms with Gasteiger partial charge < -0.3 is 4.98 Å². The van der Waals surface area contributed by atoms with Crippen LogP contribution in [0.5, 0.6) is 0 Å². The van der Waals surface area contributed by atoms with E-state index in [1.807, 2.05) is 0 Å². The number of carbonyl (C=O) groups is 1. The summed E-state index contributed by atoms with van der Waals surface area (Å²) in [6, 6.07) is -0.603. The normalized spacial score (nSPS) is 6.86. The smallest absolute Gasteiger partial charge is 0.299 e. The van der Waals surface area contributed by atoms with Gasteiger partial charge in [-0.15, -0.1) is 0 Å². The monoisotopic (exact) mass is 116 g/mol. The van der Waals surface area contributed by atoms with Crippen LogP contribution in [-0.4, -0.2) is 16.4 Å². The Morgan fingerprint density at radius 1 is 2.00 bits per heavy atom. The fraction of sp³-hybridized carbons (Fsp3) is 0. The van der Waals surface area contributed by atoms with E-state index in [-0.39, 0.29) is 0 Å². The average Bonchev–Trinajstić information content (AvgIpc) is 1.68. The molecular weight excluding hydrogens is 112 g/mol. The summed E-state index contributed by atoms with van der Waals surface area (Å²) in [6.45, 7) is 0. The average molecular weight is 116 g/mol. The van der Waals surface area contributed by atoms with E-state index in [2.05, 4.69) is 15.0 Å². The molecule has 0 radical (unpaired) electrons. The van der Waals surface area contributed by atoms with Gasteiger partial charge in [0.2, 0.25) is 0 Å². The van der Waals surface area contributed by atoms with Gasteiger partial charge in [0.05, 0.1) is 0 Å². The molecule has 0 aromatic carbocycles. The molecule has 0 aliphatic heterocycles. The molecule has 0 spiro atoms. The molecule has 0 aliphatic rings. The molecule has 0 unspecified atom stereocenters. The van der Waals surface area contributed by atoms with Crippen LogP contribution in [-0.2, 0) is 0 Å². The van der Waals surface area contributed by atoms with Gasteiger partial charge in [-0.05, 0) is 5.53 Å². The summed E-state index contributed by atoms with van der Waals surface area (Å²) < 4.78 is 0. The van der Waals surface area contributed by atoms with Crippen LogP contribution in [0, 0.1) is 0 Å². The van der Waals surface area contributed by atoms with Gasteiger partial charge in [-0.25, -0.2) is 0 Å². The SMILES string of the molecule is [N-]=[N+]=NC(=O)N[SiH3]. The molecule has 0 aliphatic carbocycles. The maximum absolute atomic E-state index is 9.91. The van der Waals surface area contributed by atoms with Gasteiger partial charge >= 0.3 is 0 Å². The van der Waals surface area contributed by atoms with Crippen LogP contribution >= 0.6 is 0 Å².